The predicted molar refractivity (Wildman–Crippen MR) is 54.8 cm³/mol. The Kier molecular flexibility index (Phi) is 1.95. The maximum absolute atomic E-state index is 10.8. The zero-order valence-corrected chi connectivity index (χ0v) is 8.21. The van der Waals surface area contributed by atoms with Crippen molar-refractivity contribution in [1.29, 1.82) is 0 Å². The van der Waals surface area contributed by atoms with Crippen LogP contribution in [0, 0.1) is 6.92 Å². The third-order valence-corrected chi connectivity index (χ3v) is 2.68. The number of rotatable bonds is 2. The summed E-state index contributed by atoms with van der Waals surface area (Å²) in [7, 11) is 0. The minimum atomic E-state index is -0.441. The Hall–Kier alpha value is -1.51. The molecule has 0 saturated heterocycles. The van der Waals surface area contributed by atoms with Gasteiger partial charge in [-0.05, 0) is 25.3 Å². The molecule has 14 heavy (non-hydrogen) atoms. The summed E-state index contributed by atoms with van der Waals surface area (Å²) in [6.45, 7) is 2.05. The molecule has 1 aliphatic rings. The summed E-state index contributed by atoms with van der Waals surface area (Å²) in [6.07, 6.45) is 1.97. The number of amides is 2. The number of aryl methyl sites for hydroxylation is 1. The zero-order valence-electron chi connectivity index (χ0n) is 8.21. The van der Waals surface area contributed by atoms with Gasteiger partial charge < -0.3 is 11.1 Å². The number of carbonyl (C=O) groups excluding carboxylic acids is 1. The van der Waals surface area contributed by atoms with Crippen LogP contribution >= 0.6 is 0 Å². The molecule has 2 rings (SSSR count). The van der Waals surface area contributed by atoms with E-state index in [1.807, 2.05) is 25.1 Å². The second-order valence-electron chi connectivity index (χ2n) is 3.94. The predicted octanol–water partition coefficient (Wildman–Crippen LogP) is 1.65. The van der Waals surface area contributed by atoms with E-state index in [1.54, 1.807) is 0 Å². The fraction of sp³-hybridized carbons (Fsp3) is 0.364. The minimum Gasteiger partial charge on any atom is -0.352 e. The van der Waals surface area contributed by atoms with Crippen molar-refractivity contribution in [1.82, 2.24) is 5.32 Å². The molecule has 0 radical (unpaired) electrons. The smallest absolute Gasteiger partial charge is 0.312 e. The van der Waals surface area contributed by atoms with Crippen molar-refractivity contribution >= 4 is 6.03 Å². The highest BCUT2D eigenvalue weighted by atomic mass is 16.2. The van der Waals surface area contributed by atoms with Gasteiger partial charge >= 0.3 is 6.03 Å². The molecule has 1 fully saturated rings. The molecule has 74 valence electrons. The first-order chi connectivity index (χ1) is 6.62. The van der Waals surface area contributed by atoms with Gasteiger partial charge in [0.25, 0.3) is 0 Å². The van der Waals surface area contributed by atoms with Crippen LogP contribution in [-0.2, 0) is 5.54 Å². The molecular formula is C11H14N2O. The number of benzene rings is 1. The van der Waals surface area contributed by atoms with E-state index in [1.165, 1.54) is 5.56 Å². The maximum Gasteiger partial charge on any atom is 0.312 e. The van der Waals surface area contributed by atoms with Crippen molar-refractivity contribution in [2.24, 2.45) is 5.73 Å². The monoisotopic (exact) mass is 190 g/mol. The first kappa shape index (κ1) is 9.06. The van der Waals surface area contributed by atoms with E-state index in [0.29, 0.717) is 0 Å². The standard InChI is InChI=1S/C11H14N2O/c1-8-3-2-4-9(7-8)11(5-6-11)13-10(12)14/h2-4,7H,5-6H2,1H3,(H3,12,13,14). The van der Waals surface area contributed by atoms with Gasteiger partial charge in [-0.3, -0.25) is 0 Å². The van der Waals surface area contributed by atoms with E-state index in [-0.39, 0.29) is 5.54 Å². The van der Waals surface area contributed by atoms with Crippen molar-refractivity contribution in [2.75, 3.05) is 0 Å². The number of urea groups is 1. The van der Waals surface area contributed by atoms with Gasteiger partial charge in [0.1, 0.15) is 0 Å². The molecule has 1 aromatic rings. The van der Waals surface area contributed by atoms with E-state index in [9.17, 15) is 4.79 Å². The van der Waals surface area contributed by atoms with Crippen LogP contribution in [0.1, 0.15) is 24.0 Å². The van der Waals surface area contributed by atoms with E-state index >= 15 is 0 Å². The number of hydrogen-bond donors (Lipinski definition) is 2. The van der Waals surface area contributed by atoms with Gasteiger partial charge in [0.2, 0.25) is 0 Å². The lowest BCUT2D eigenvalue weighted by Crippen LogP contribution is -2.38. The Labute approximate surface area is 83.3 Å². The van der Waals surface area contributed by atoms with Crippen LogP contribution in [0.25, 0.3) is 0 Å². The molecule has 1 saturated carbocycles. The summed E-state index contributed by atoms with van der Waals surface area (Å²) < 4.78 is 0. The molecule has 0 bridgehead atoms. The lowest BCUT2D eigenvalue weighted by atomic mass is 10.0. The minimum absolute atomic E-state index is 0.169. The first-order valence-electron chi connectivity index (χ1n) is 4.77. The van der Waals surface area contributed by atoms with Crippen LogP contribution in [-0.4, -0.2) is 6.03 Å². The van der Waals surface area contributed by atoms with Gasteiger partial charge in [-0.25, -0.2) is 4.79 Å². The van der Waals surface area contributed by atoms with Crippen molar-refractivity contribution in [3.05, 3.63) is 35.4 Å². The van der Waals surface area contributed by atoms with Crippen LogP contribution in [0.15, 0.2) is 24.3 Å². The summed E-state index contributed by atoms with van der Waals surface area (Å²) in [5.41, 5.74) is 7.35. The summed E-state index contributed by atoms with van der Waals surface area (Å²) in [5, 5.41) is 2.81. The number of nitrogens with one attached hydrogen (secondary N) is 1. The average Bonchev–Trinajstić information content (AvgIpc) is 2.84. The fourth-order valence-corrected chi connectivity index (χ4v) is 1.79. The Morgan fingerprint density at radius 1 is 1.50 bits per heavy atom. The highest BCUT2D eigenvalue weighted by Gasteiger charge is 2.45. The molecule has 3 N–H and O–H groups in total. The van der Waals surface area contributed by atoms with Crippen LogP contribution in [0.2, 0.25) is 0 Å². The summed E-state index contributed by atoms with van der Waals surface area (Å²) in [5.74, 6) is 0. The molecule has 0 aromatic heterocycles. The van der Waals surface area contributed by atoms with Gasteiger partial charge in [0, 0.05) is 0 Å². The summed E-state index contributed by atoms with van der Waals surface area (Å²) in [6, 6.07) is 7.75. The molecular weight excluding hydrogens is 176 g/mol. The summed E-state index contributed by atoms with van der Waals surface area (Å²) in [4.78, 5) is 10.8. The Morgan fingerprint density at radius 2 is 2.21 bits per heavy atom. The van der Waals surface area contributed by atoms with Crippen molar-refractivity contribution in [3.8, 4) is 0 Å². The number of nitrogens with two attached hydrogens (primary N) is 1. The van der Waals surface area contributed by atoms with E-state index in [0.717, 1.165) is 18.4 Å². The van der Waals surface area contributed by atoms with Crippen LogP contribution in [0.5, 0.6) is 0 Å². The number of carbonyl (C=O) groups is 1. The fourth-order valence-electron chi connectivity index (χ4n) is 1.79. The quantitative estimate of drug-likeness (QED) is 0.732. The molecule has 0 heterocycles. The molecule has 3 nitrogen and oxygen atoms in total. The maximum atomic E-state index is 10.8. The highest BCUT2D eigenvalue weighted by molar-refractivity contribution is 5.73. The third kappa shape index (κ3) is 1.58. The van der Waals surface area contributed by atoms with E-state index < -0.39 is 6.03 Å². The zero-order chi connectivity index (χ0) is 10.2. The third-order valence-electron chi connectivity index (χ3n) is 2.68. The van der Waals surface area contributed by atoms with Gasteiger partial charge in [-0.15, -0.1) is 0 Å². The molecule has 0 spiro atoms. The lowest BCUT2D eigenvalue weighted by molar-refractivity contribution is 0.244. The van der Waals surface area contributed by atoms with Crippen LogP contribution in [0.3, 0.4) is 0 Å². The molecule has 0 unspecified atom stereocenters. The summed E-state index contributed by atoms with van der Waals surface area (Å²) >= 11 is 0. The SMILES string of the molecule is Cc1cccc(C2(NC(N)=O)CC2)c1. The number of primary amides is 1. The Balaban J connectivity index is 2.26. The molecule has 1 aromatic carbocycles. The van der Waals surface area contributed by atoms with Gasteiger partial charge in [-0.2, -0.15) is 0 Å². The molecule has 0 aliphatic heterocycles. The van der Waals surface area contributed by atoms with Crippen LogP contribution in [0.4, 0.5) is 4.79 Å². The van der Waals surface area contributed by atoms with E-state index in [2.05, 4.69) is 11.4 Å². The molecule has 0 atom stereocenters. The van der Waals surface area contributed by atoms with Crippen LogP contribution < -0.4 is 11.1 Å². The second kappa shape index (κ2) is 3.01. The highest BCUT2D eigenvalue weighted by Crippen LogP contribution is 2.45. The van der Waals surface area contributed by atoms with E-state index in [4.69, 9.17) is 5.73 Å². The van der Waals surface area contributed by atoms with Gasteiger partial charge in [-0.1, -0.05) is 29.8 Å². The van der Waals surface area contributed by atoms with Crippen molar-refractivity contribution in [2.45, 2.75) is 25.3 Å². The average molecular weight is 190 g/mol. The lowest BCUT2D eigenvalue weighted by Gasteiger charge is -2.16. The molecule has 2 amide bonds. The Bertz CT molecular complexity index is 369. The first-order valence-corrected chi connectivity index (χ1v) is 4.77. The van der Waals surface area contributed by atoms with Crippen molar-refractivity contribution < 1.29 is 4.79 Å². The van der Waals surface area contributed by atoms with Crippen molar-refractivity contribution in [3.63, 3.8) is 0 Å². The largest absolute Gasteiger partial charge is 0.352 e. The normalized spacial score (nSPS) is 17.5. The Morgan fingerprint density at radius 3 is 2.71 bits per heavy atom. The topological polar surface area (TPSA) is 55.1 Å². The molecule has 3 heteroatoms. The number of hydrogen-bond acceptors (Lipinski definition) is 1. The van der Waals surface area contributed by atoms with Gasteiger partial charge in [0.05, 0.1) is 5.54 Å². The second-order valence-corrected chi connectivity index (χ2v) is 3.94. The van der Waals surface area contributed by atoms with Gasteiger partial charge in [0.15, 0.2) is 0 Å². The molecule has 1 aliphatic carbocycles.